The number of hydrogen-bond donors (Lipinski definition) is 1. The van der Waals surface area contributed by atoms with Crippen LogP contribution in [0.1, 0.15) is 76.0 Å². The number of fused-ring (bicyclic) bond motifs is 4. The zero-order valence-electron chi connectivity index (χ0n) is 29.6. The van der Waals surface area contributed by atoms with Gasteiger partial charge in [-0.25, -0.2) is 18.2 Å². The Hall–Kier alpha value is -4.43. The first-order valence-electron chi connectivity index (χ1n) is 17.6. The maximum absolute atomic E-state index is 12.7. The van der Waals surface area contributed by atoms with Crippen molar-refractivity contribution in [1.82, 2.24) is 9.55 Å². The van der Waals surface area contributed by atoms with Crippen LogP contribution < -0.4 is 4.74 Å². The van der Waals surface area contributed by atoms with Gasteiger partial charge in [-0.05, 0) is 101 Å². The third-order valence-corrected chi connectivity index (χ3v) is 12.6. The summed E-state index contributed by atoms with van der Waals surface area (Å²) in [6, 6.07) is 27.8. The van der Waals surface area contributed by atoms with Crippen LogP contribution in [0.5, 0.6) is 5.75 Å². The van der Waals surface area contributed by atoms with Crippen molar-refractivity contribution in [3.63, 3.8) is 0 Å². The molecule has 1 fully saturated rings. The molecular weight excluding hydrogens is 645 g/mol. The summed E-state index contributed by atoms with van der Waals surface area (Å²) in [6.07, 6.45) is 6.87. The molecule has 1 saturated carbocycles. The van der Waals surface area contributed by atoms with Gasteiger partial charge in [-0.1, -0.05) is 88.7 Å². The molecule has 1 N–H and O–H groups in total. The summed E-state index contributed by atoms with van der Waals surface area (Å²) in [4.78, 5) is 16.8. The van der Waals surface area contributed by atoms with Gasteiger partial charge in [0.15, 0.2) is 16.4 Å². The van der Waals surface area contributed by atoms with Crippen LogP contribution >= 0.6 is 0 Å². The lowest BCUT2D eigenvalue weighted by Crippen LogP contribution is -2.50. The number of aromatic nitrogens is 2. The van der Waals surface area contributed by atoms with Gasteiger partial charge in [0.25, 0.3) is 0 Å². The second-order valence-electron chi connectivity index (χ2n) is 15.3. The summed E-state index contributed by atoms with van der Waals surface area (Å²) in [6.45, 7) is 9.81. The van der Waals surface area contributed by atoms with Crippen molar-refractivity contribution in [2.45, 2.75) is 82.6 Å². The third kappa shape index (κ3) is 6.12. The monoisotopic (exact) mass is 690 g/mol. The van der Waals surface area contributed by atoms with E-state index in [1.165, 1.54) is 29.4 Å². The molecule has 2 aliphatic carbocycles. The van der Waals surface area contributed by atoms with Gasteiger partial charge in [0.2, 0.25) is 0 Å². The molecule has 7 nitrogen and oxygen atoms in total. The predicted molar refractivity (Wildman–Crippen MR) is 198 cm³/mol. The highest BCUT2D eigenvalue weighted by molar-refractivity contribution is 7.90. The molecule has 50 heavy (non-hydrogen) atoms. The van der Waals surface area contributed by atoms with Crippen molar-refractivity contribution >= 4 is 26.8 Å². The molecule has 0 bridgehead atoms. The average Bonchev–Trinajstić information content (AvgIpc) is 3.43. The van der Waals surface area contributed by atoms with Crippen molar-refractivity contribution < 1.29 is 23.1 Å². The van der Waals surface area contributed by atoms with E-state index in [0.29, 0.717) is 23.1 Å². The molecule has 0 spiro atoms. The van der Waals surface area contributed by atoms with Crippen molar-refractivity contribution in [2.24, 2.45) is 11.3 Å². The van der Waals surface area contributed by atoms with Crippen molar-refractivity contribution in [3.8, 4) is 28.3 Å². The van der Waals surface area contributed by atoms with Gasteiger partial charge < -0.3 is 14.4 Å². The van der Waals surface area contributed by atoms with E-state index in [4.69, 9.17) is 9.72 Å². The number of carboxylic acid groups (broad SMARTS) is 1. The van der Waals surface area contributed by atoms with E-state index in [2.05, 4.69) is 56.5 Å². The van der Waals surface area contributed by atoms with E-state index in [1.54, 1.807) is 18.2 Å². The normalized spacial score (nSPS) is 21.9. The van der Waals surface area contributed by atoms with E-state index in [-0.39, 0.29) is 15.7 Å². The van der Waals surface area contributed by atoms with Crippen LogP contribution in [0.3, 0.4) is 0 Å². The van der Waals surface area contributed by atoms with E-state index in [9.17, 15) is 18.3 Å². The average molecular weight is 691 g/mol. The number of aryl methyl sites for hydroxylation is 1. The number of carbonyl (C=O) groups is 1. The Kier molecular flexibility index (Phi) is 8.66. The highest BCUT2D eigenvalue weighted by Crippen LogP contribution is 2.58. The predicted octanol–water partition coefficient (Wildman–Crippen LogP) is 9.07. The van der Waals surface area contributed by atoms with E-state index in [0.717, 1.165) is 60.2 Å². The number of benzene rings is 4. The molecule has 5 aromatic rings. The molecule has 0 amide bonds. The molecule has 2 aliphatic rings. The molecule has 0 saturated heterocycles. The molecule has 0 radical (unpaired) electrons. The second kappa shape index (κ2) is 12.7. The lowest BCUT2D eigenvalue weighted by molar-refractivity contribution is -0.139. The van der Waals surface area contributed by atoms with Crippen LogP contribution in [0.4, 0.5) is 0 Å². The number of imidazole rings is 1. The first-order valence-corrected chi connectivity index (χ1v) is 19.5. The molecule has 7 rings (SSSR count). The van der Waals surface area contributed by atoms with Crippen LogP contribution in [-0.4, -0.2) is 41.9 Å². The Bertz CT molecular complexity index is 2220. The standard InChI is InChI=1S/C42H46N2O5S/c1-27(2)28-14-17-34-30(22-28)16-19-38-41(3,20-9-21-42(34,38)4)26-44-36-18-15-29(33-12-6-7-13-37(33)50(5,47)48)24-35(36)43-40(44)31-10-8-11-32(23-31)49-25-39(45)46/h6-8,10-15,17-18,22-24,27,38H,9,16,19-21,25-26H2,1-5H3,(H,45,46)/t38-,41-,42+/m0/s1. The molecule has 3 atom stereocenters. The molecule has 8 heteroatoms. The van der Waals surface area contributed by atoms with Gasteiger partial charge in [0.05, 0.1) is 15.9 Å². The topological polar surface area (TPSA) is 98.5 Å². The number of ether oxygens (including phenoxy) is 1. The number of aliphatic carboxylic acids is 1. The van der Waals surface area contributed by atoms with Gasteiger partial charge in [-0.3, -0.25) is 0 Å². The summed E-state index contributed by atoms with van der Waals surface area (Å²) in [7, 11) is -3.45. The first-order chi connectivity index (χ1) is 23.8. The Balaban J connectivity index is 1.35. The number of nitrogens with zero attached hydrogens (tertiary/aromatic N) is 2. The Labute approximate surface area is 295 Å². The van der Waals surface area contributed by atoms with Gasteiger partial charge >= 0.3 is 5.97 Å². The fourth-order valence-electron chi connectivity index (χ4n) is 9.13. The minimum atomic E-state index is -3.45. The number of sulfone groups is 1. The zero-order chi connectivity index (χ0) is 35.4. The largest absolute Gasteiger partial charge is 0.482 e. The number of carboxylic acids is 1. The van der Waals surface area contributed by atoms with E-state index < -0.39 is 22.4 Å². The van der Waals surface area contributed by atoms with Gasteiger partial charge in [-0.15, -0.1) is 0 Å². The van der Waals surface area contributed by atoms with Crippen LogP contribution in [0.15, 0.2) is 89.8 Å². The van der Waals surface area contributed by atoms with Crippen molar-refractivity contribution in [1.29, 1.82) is 0 Å². The fourth-order valence-corrected chi connectivity index (χ4v) is 10.0. The van der Waals surface area contributed by atoms with E-state index >= 15 is 0 Å². The number of hydrogen-bond acceptors (Lipinski definition) is 5. The summed E-state index contributed by atoms with van der Waals surface area (Å²) in [5.41, 5.74) is 8.49. The second-order valence-corrected chi connectivity index (χ2v) is 17.3. The highest BCUT2D eigenvalue weighted by atomic mass is 32.2. The lowest BCUT2D eigenvalue weighted by Gasteiger charge is -2.56. The molecule has 0 unspecified atom stereocenters. The van der Waals surface area contributed by atoms with Gasteiger partial charge in [-0.2, -0.15) is 0 Å². The summed E-state index contributed by atoms with van der Waals surface area (Å²) in [5, 5.41) is 9.24. The quantitative estimate of drug-likeness (QED) is 0.166. The van der Waals surface area contributed by atoms with Crippen LogP contribution in [0.2, 0.25) is 0 Å². The summed E-state index contributed by atoms with van der Waals surface area (Å²) < 4.78 is 33.3. The SMILES string of the molecule is CC(C)c1ccc2c(c1)CC[C@H]1[C@](C)(Cn3c(-c4cccc(OCC(=O)O)c4)nc4cc(-c5ccccc5S(C)(=O)=O)ccc43)CCC[C@]21C. The summed E-state index contributed by atoms with van der Waals surface area (Å²) in [5.74, 6) is 1.18. The maximum atomic E-state index is 12.7. The maximum Gasteiger partial charge on any atom is 0.341 e. The first kappa shape index (κ1) is 34.0. The van der Waals surface area contributed by atoms with E-state index in [1.807, 2.05) is 42.5 Å². The highest BCUT2D eigenvalue weighted by Gasteiger charge is 2.52. The van der Waals surface area contributed by atoms with Crippen molar-refractivity contribution in [3.05, 3.63) is 102 Å². The van der Waals surface area contributed by atoms with Crippen molar-refractivity contribution in [2.75, 3.05) is 12.9 Å². The van der Waals surface area contributed by atoms with Crippen LogP contribution in [-0.2, 0) is 33.0 Å². The number of rotatable bonds is 9. The minimum absolute atomic E-state index is 0.0250. The third-order valence-electron chi connectivity index (χ3n) is 11.5. The molecule has 4 aromatic carbocycles. The lowest BCUT2D eigenvalue weighted by atomic mass is 9.49. The van der Waals surface area contributed by atoms with Crippen LogP contribution in [0.25, 0.3) is 33.5 Å². The van der Waals surface area contributed by atoms with Gasteiger partial charge in [0, 0.05) is 23.9 Å². The smallest absolute Gasteiger partial charge is 0.341 e. The Morgan fingerprint density at radius 3 is 2.54 bits per heavy atom. The Morgan fingerprint density at radius 1 is 0.980 bits per heavy atom. The summed E-state index contributed by atoms with van der Waals surface area (Å²) >= 11 is 0. The molecular formula is C42H46N2O5S. The molecule has 1 heterocycles. The molecule has 0 aliphatic heterocycles. The minimum Gasteiger partial charge on any atom is -0.482 e. The Morgan fingerprint density at radius 2 is 1.78 bits per heavy atom. The molecule has 260 valence electrons. The van der Waals surface area contributed by atoms with Gasteiger partial charge in [0.1, 0.15) is 11.6 Å². The fraction of sp³-hybridized carbons (Fsp3) is 0.381. The molecule has 1 aromatic heterocycles. The van der Waals surface area contributed by atoms with Crippen LogP contribution in [0, 0.1) is 11.3 Å². The zero-order valence-corrected chi connectivity index (χ0v) is 30.4.